The Morgan fingerprint density at radius 2 is 1.96 bits per heavy atom. The van der Waals surface area contributed by atoms with Gasteiger partial charge < -0.3 is 14.8 Å². The van der Waals surface area contributed by atoms with Crippen LogP contribution in [0.4, 0.5) is 10.1 Å². The van der Waals surface area contributed by atoms with Crippen molar-refractivity contribution in [3.05, 3.63) is 51.3 Å². The summed E-state index contributed by atoms with van der Waals surface area (Å²) in [6, 6.07) is 9.35. The smallest absolute Gasteiger partial charge is 0.259 e. The molecule has 0 unspecified atom stereocenters. The van der Waals surface area contributed by atoms with Gasteiger partial charge in [0.05, 0.1) is 30.5 Å². The molecule has 2 rings (SSSR count). The molecule has 2 aromatic carbocycles. The van der Waals surface area contributed by atoms with Crippen molar-refractivity contribution in [2.75, 3.05) is 26.1 Å². The molecule has 6 nitrogen and oxygen atoms in total. The van der Waals surface area contributed by atoms with Gasteiger partial charge in [-0.25, -0.2) is 9.82 Å². The highest BCUT2D eigenvalue weighted by atomic mass is 127. The van der Waals surface area contributed by atoms with E-state index in [0.717, 1.165) is 9.13 Å². The molecule has 0 saturated heterocycles. The number of hydrogen-bond donors (Lipinski definition) is 2. The Balaban J connectivity index is 1.90. The van der Waals surface area contributed by atoms with Crippen molar-refractivity contribution in [3.63, 3.8) is 0 Å². The monoisotopic (exact) mass is 457 g/mol. The molecule has 0 fully saturated rings. The molecular formula is C17H17FIN3O3. The van der Waals surface area contributed by atoms with Crippen molar-refractivity contribution in [3.8, 4) is 11.5 Å². The molecule has 2 aromatic rings. The SMILES string of the molecule is COc1cc(/C=N\NC(=O)CNc2ccc(F)cc2)cc(I)c1OC. The fraction of sp³-hybridized carbons (Fsp3) is 0.176. The number of amides is 1. The van der Waals surface area contributed by atoms with Gasteiger partial charge in [-0.3, -0.25) is 4.79 Å². The quantitative estimate of drug-likeness (QED) is 0.381. The topological polar surface area (TPSA) is 72.0 Å². The Hall–Kier alpha value is -2.36. The summed E-state index contributed by atoms with van der Waals surface area (Å²) in [7, 11) is 3.12. The number of nitrogens with one attached hydrogen (secondary N) is 2. The van der Waals surface area contributed by atoms with Crippen LogP contribution in [-0.2, 0) is 4.79 Å². The molecule has 0 atom stereocenters. The summed E-state index contributed by atoms with van der Waals surface area (Å²) >= 11 is 2.13. The van der Waals surface area contributed by atoms with Crippen LogP contribution in [0, 0.1) is 9.39 Å². The van der Waals surface area contributed by atoms with E-state index < -0.39 is 0 Å². The number of ether oxygens (including phenoxy) is 2. The molecule has 0 spiro atoms. The number of benzene rings is 2. The molecule has 0 heterocycles. The Labute approximate surface area is 158 Å². The maximum absolute atomic E-state index is 12.8. The first-order valence-corrected chi connectivity index (χ1v) is 8.34. The van der Waals surface area contributed by atoms with E-state index in [9.17, 15) is 9.18 Å². The second-order valence-corrected chi connectivity index (χ2v) is 6.05. The predicted octanol–water partition coefficient (Wildman–Crippen LogP) is 3.01. The number of anilines is 1. The summed E-state index contributed by atoms with van der Waals surface area (Å²) in [4.78, 5) is 11.8. The molecule has 25 heavy (non-hydrogen) atoms. The number of carbonyl (C=O) groups excluding carboxylic acids is 1. The standard InChI is InChI=1S/C17H17FIN3O3/c1-24-15-8-11(7-14(19)17(15)25-2)9-21-22-16(23)10-20-13-5-3-12(18)4-6-13/h3-9,20H,10H2,1-2H3,(H,22,23)/b21-9-. The third kappa shape index (κ3) is 5.59. The lowest BCUT2D eigenvalue weighted by Crippen LogP contribution is -2.25. The largest absolute Gasteiger partial charge is 0.493 e. The average Bonchev–Trinajstić information content (AvgIpc) is 2.60. The number of rotatable bonds is 7. The van der Waals surface area contributed by atoms with E-state index >= 15 is 0 Å². The Bertz CT molecular complexity index is 766. The summed E-state index contributed by atoms with van der Waals surface area (Å²) in [6.07, 6.45) is 1.51. The predicted molar refractivity (Wildman–Crippen MR) is 103 cm³/mol. The second-order valence-electron chi connectivity index (χ2n) is 4.89. The maximum atomic E-state index is 12.8. The van der Waals surface area contributed by atoms with E-state index in [1.807, 2.05) is 6.07 Å². The van der Waals surface area contributed by atoms with Gasteiger partial charge in [-0.15, -0.1) is 0 Å². The normalized spacial score (nSPS) is 10.6. The summed E-state index contributed by atoms with van der Waals surface area (Å²) < 4.78 is 24.2. The zero-order valence-corrected chi connectivity index (χ0v) is 15.8. The molecular weight excluding hydrogens is 440 g/mol. The Morgan fingerprint density at radius 1 is 1.24 bits per heavy atom. The van der Waals surface area contributed by atoms with Crippen molar-refractivity contribution in [1.82, 2.24) is 5.43 Å². The summed E-state index contributed by atoms with van der Waals surface area (Å²) in [5.74, 6) is 0.577. The van der Waals surface area contributed by atoms with Crippen LogP contribution in [-0.4, -0.2) is 32.9 Å². The highest BCUT2D eigenvalue weighted by Gasteiger charge is 2.09. The minimum absolute atomic E-state index is 0.0203. The first-order chi connectivity index (χ1) is 12.0. The van der Waals surface area contributed by atoms with E-state index in [1.165, 1.54) is 18.3 Å². The molecule has 0 bridgehead atoms. The lowest BCUT2D eigenvalue weighted by molar-refractivity contribution is -0.119. The van der Waals surface area contributed by atoms with Crippen LogP contribution in [0.1, 0.15) is 5.56 Å². The van der Waals surface area contributed by atoms with Crippen molar-refractivity contribution < 1.29 is 18.7 Å². The number of hydrogen-bond acceptors (Lipinski definition) is 5. The van der Waals surface area contributed by atoms with Gasteiger partial charge in [-0.2, -0.15) is 5.10 Å². The molecule has 1 amide bonds. The van der Waals surface area contributed by atoms with Crippen LogP contribution in [0.25, 0.3) is 0 Å². The highest BCUT2D eigenvalue weighted by molar-refractivity contribution is 14.1. The zero-order chi connectivity index (χ0) is 18.2. The number of methoxy groups -OCH3 is 2. The molecule has 0 aliphatic carbocycles. The van der Waals surface area contributed by atoms with E-state index in [4.69, 9.17) is 9.47 Å². The van der Waals surface area contributed by atoms with Crippen LogP contribution in [0.15, 0.2) is 41.5 Å². The number of nitrogens with zero attached hydrogens (tertiary/aromatic N) is 1. The second kappa shape index (κ2) is 9.21. The van der Waals surface area contributed by atoms with Gasteiger partial charge in [0.15, 0.2) is 11.5 Å². The van der Waals surface area contributed by atoms with Crippen LogP contribution in [0.2, 0.25) is 0 Å². The van der Waals surface area contributed by atoms with Crippen molar-refractivity contribution in [2.45, 2.75) is 0 Å². The van der Waals surface area contributed by atoms with E-state index in [2.05, 4.69) is 38.4 Å². The number of halogens is 2. The van der Waals surface area contributed by atoms with Gasteiger partial charge >= 0.3 is 0 Å². The van der Waals surface area contributed by atoms with Crippen LogP contribution >= 0.6 is 22.6 Å². The molecule has 132 valence electrons. The fourth-order valence-corrected chi connectivity index (χ4v) is 2.83. The van der Waals surface area contributed by atoms with E-state index in [1.54, 1.807) is 32.4 Å². The molecule has 0 aromatic heterocycles. The van der Waals surface area contributed by atoms with Gasteiger partial charge in [-0.1, -0.05) is 0 Å². The number of carbonyl (C=O) groups is 1. The van der Waals surface area contributed by atoms with Crippen LogP contribution in [0.3, 0.4) is 0 Å². The lowest BCUT2D eigenvalue weighted by Gasteiger charge is -2.10. The first kappa shape index (κ1) is 19.0. The van der Waals surface area contributed by atoms with E-state index in [-0.39, 0.29) is 18.3 Å². The van der Waals surface area contributed by atoms with Crippen LogP contribution < -0.4 is 20.2 Å². The molecule has 8 heteroatoms. The Morgan fingerprint density at radius 3 is 2.60 bits per heavy atom. The van der Waals surface area contributed by atoms with Crippen LogP contribution in [0.5, 0.6) is 11.5 Å². The highest BCUT2D eigenvalue weighted by Crippen LogP contribution is 2.32. The summed E-state index contributed by atoms with van der Waals surface area (Å²) in [6.45, 7) is 0.0203. The van der Waals surface area contributed by atoms with Crippen molar-refractivity contribution in [2.24, 2.45) is 5.10 Å². The molecule has 2 N–H and O–H groups in total. The minimum Gasteiger partial charge on any atom is -0.493 e. The fourth-order valence-electron chi connectivity index (χ4n) is 1.98. The van der Waals surface area contributed by atoms with Crippen molar-refractivity contribution in [1.29, 1.82) is 0 Å². The minimum atomic E-state index is -0.329. The molecule has 0 aliphatic rings. The molecule has 0 aliphatic heterocycles. The van der Waals surface area contributed by atoms with Crippen molar-refractivity contribution >= 4 is 40.4 Å². The van der Waals surface area contributed by atoms with E-state index in [0.29, 0.717) is 17.2 Å². The third-order valence-electron chi connectivity index (χ3n) is 3.16. The zero-order valence-electron chi connectivity index (χ0n) is 13.7. The number of hydrazone groups is 1. The average molecular weight is 457 g/mol. The summed E-state index contributed by atoms with van der Waals surface area (Å²) in [5, 5.41) is 6.79. The lowest BCUT2D eigenvalue weighted by atomic mass is 10.2. The third-order valence-corrected chi connectivity index (χ3v) is 3.96. The molecule has 0 saturated carbocycles. The van der Waals surface area contributed by atoms with Gasteiger partial charge in [0.2, 0.25) is 0 Å². The first-order valence-electron chi connectivity index (χ1n) is 7.26. The van der Waals surface area contributed by atoms with Gasteiger partial charge in [0.25, 0.3) is 5.91 Å². The molecule has 0 radical (unpaired) electrons. The van der Waals surface area contributed by atoms with Gasteiger partial charge in [-0.05, 0) is 64.6 Å². The Kier molecular flexibility index (Phi) is 6.99. The van der Waals surface area contributed by atoms with Gasteiger partial charge in [0.1, 0.15) is 5.82 Å². The van der Waals surface area contributed by atoms with Gasteiger partial charge in [0, 0.05) is 5.69 Å². The maximum Gasteiger partial charge on any atom is 0.259 e. The summed E-state index contributed by atoms with van der Waals surface area (Å²) in [5.41, 5.74) is 3.82.